The van der Waals surface area contributed by atoms with Gasteiger partial charge in [0.05, 0.1) is 16.6 Å². The Morgan fingerprint density at radius 3 is 2.37 bits per heavy atom. The fourth-order valence-corrected chi connectivity index (χ4v) is 5.68. The molecule has 0 bridgehead atoms. The number of pyridine rings is 3. The normalized spacial score (nSPS) is 11.1. The van der Waals surface area contributed by atoms with E-state index in [0.29, 0.717) is 0 Å². The van der Waals surface area contributed by atoms with Gasteiger partial charge in [-0.15, -0.1) is 17.9 Å². The summed E-state index contributed by atoms with van der Waals surface area (Å²) in [5.74, 6) is 0.882. The Morgan fingerprint density at radius 1 is 0.714 bits per heavy atom. The highest BCUT2D eigenvalue weighted by Gasteiger charge is 2.17. The van der Waals surface area contributed by atoms with E-state index < -0.39 is 0 Å². The SMILES string of the molecule is C=CC.c1ccc2c(c1)sc1cc3c(cc12)c1ncccc1n3-c1cc(-c2ccncc2)ccn1. The highest BCUT2D eigenvalue weighted by Crippen LogP contribution is 2.39. The van der Waals surface area contributed by atoms with Gasteiger partial charge in [0.25, 0.3) is 0 Å². The Morgan fingerprint density at radius 2 is 1.51 bits per heavy atom. The lowest BCUT2D eigenvalue weighted by Crippen LogP contribution is -1.97. The Kier molecular flexibility index (Phi) is 5.32. The van der Waals surface area contributed by atoms with Crippen LogP contribution in [-0.4, -0.2) is 19.5 Å². The van der Waals surface area contributed by atoms with Crippen LogP contribution in [0.5, 0.6) is 0 Å². The van der Waals surface area contributed by atoms with Crippen LogP contribution in [-0.2, 0) is 0 Å². The number of benzene rings is 2. The molecule has 0 saturated carbocycles. The monoisotopic (exact) mass is 470 g/mol. The lowest BCUT2D eigenvalue weighted by Gasteiger charge is -2.09. The van der Waals surface area contributed by atoms with Gasteiger partial charge in [0, 0.05) is 50.3 Å². The first-order valence-electron chi connectivity index (χ1n) is 11.4. The Hall–Kier alpha value is -4.35. The van der Waals surface area contributed by atoms with Crippen LogP contribution in [0.25, 0.3) is 59.1 Å². The third-order valence-electron chi connectivity index (χ3n) is 6.01. The van der Waals surface area contributed by atoms with E-state index in [4.69, 9.17) is 9.97 Å². The summed E-state index contributed by atoms with van der Waals surface area (Å²) in [4.78, 5) is 13.7. The number of hydrogen-bond acceptors (Lipinski definition) is 4. The molecule has 168 valence electrons. The molecule has 0 unspecified atom stereocenters. The van der Waals surface area contributed by atoms with Gasteiger partial charge >= 0.3 is 0 Å². The van der Waals surface area contributed by atoms with Crippen molar-refractivity contribution < 1.29 is 0 Å². The highest BCUT2D eigenvalue weighted by atomic mass is 32.1. The van der Waals surface area contributed by atoms with Crippen molar-refractivity contribution in [2.75, 3.05) is 0 Å². The number of thiophene rings is 1. The Balaban J connectivity index is 0.000000727. The number of rotatable bonds is 2. The Labute approximate surface area is 206 Å². The minimum atomic E-state index is 0.882. The van der Waals surface area contributed by atoms with E-state index in [1.54, 1.807) is 6.08 Å². The zero-order valence-corrected chi connectivity index (χ0v) is 20.0. The van der Waals surface area contributed by atoms with E-state index in [2.05, 4.69) is 64.7 Å². The second-order valence-corrected chi connectivity index (χ2v) is 9.30. The van der Waals surface area contributed by atoms with E-state index in [0.717, 1.165) is 38.9 Å². The minimum Gasteiger partial charge on any atom is -0.292 e. The van der Waals surface area contributed by atoms with Gasteiger partial charge < -0.3 is 0 Å². The second-order valence-electron chi connectivity index (χ2n) is 8.22. The van der Waals surface area contributed by atoms with Gasteiger partial charge in [-0.05, 0) is 72.6 Å². The molecule has 0 atom stereocenters. The molecule has 0 radical (unpaired) electrons. The van der Waals surface area contributed by atoms with Gasteiger partial charge in [-0.3, -0.25) is 14.5 Å². The molecule has 0 aliphatic heterocycles. The van der Waals surface area contributed by atoms with Crippen molar-refractivity contribution in [1.29, 1.82) is 0 Å². The quantitative estimate of drug-likeness (QED) is 0.239. The number of hydrogen-bond donors (Lipinski definition) is 0. The van der Waals surface area contributed by atoms with Crippen LogP contribution in [0.3, 0.4) is 0 Å². The third kappa shape index (κ3) is 3.57. The fraction of sp³-hybridized carbons (Fsp3) is 0.0333. The lowest BCUT2D eigenvalue weighted by atomic mass is 10.1. The molecule has 0 amide bonds. The first kappa shape index (κ1) is 21.2. The van der Waals surface area contributed by atoms with Crippen LogP contribution in [0.15, 0.2) is 110 Å². The summed E-state index contributed by atoms with van der Waals surface area (Å²) in [6.45, 7) is 5.25. The smallest absolute Gasteiger partial charge is 0.138 e. The number of aromatic nitrogens is 4. The summed E-state index contributed by atoms with van der Waals surface area (Å²) in [7, 11) is 0. The largest absolute Gasteiger partial charge is 0.292 e. The average Bonchev–Trinajstić information content (AvgIpc) is 3.43. The predicted molar refractivity (Wildman–Crippen MR) is 148 cm³/mol. The zero-order chi connectivity index (χ0) is 23.8. The summed E-state index contributed by atoms with van der Waals surface area (Å²) in [5, 5.41) is 3.72. The molecule has 0 spiro atoms. The number of allylic oxidation sites excluding steroid dienone is 1. The van der Waals surface area contributed by atoms with Gasteiger partial charge in [-0.1, -0.05) is 24.3 Å². The summed E-state index contributed by atoms with van der Waals surface area (Å²) >= 11 is 1.83. The van der Waals surface area contributed by atoms with Crippen molar-refractivity contribution in [2.24, 2.45) is 0 Å². The molecule has 5 heteroatoms. The van der Waals surface area contributed by atoms with Crippen LogP contribution in [0.1, 0.15) is 6.92 Å². The number of nitrogens with zero attached hydrogens (tertiary/aromatic N) is 4. The summed E-state index contributed by atoms with van der Waals surface area (Å²) in [6, 6.07) is 25.5. The third-order valence-corrected chi connectivity index (χ3v) is 7.14. The van der Waals surface area contributed by atoms with Gasteiger partial charge in [-0.2, -0.15) is 0 Å². The predicted octanol–water partition coefficient (Wildman–Crippen LogP) is 8.20. The summed E-state index contributed by atoms with van der Waals surface area (Å²) in [5.41, 5.74) is 5.41. The van der Waals surface area contributed by atoms with Crippen LogP contribution in [0, 0.1) is 0 Å². The summed E-state index contributed by atoms with van der Waals surface area (Å²) in [6.07, 6.45) is 9.12. The molecule has 0 aliphatic carbocycles. The van der Waals surface area contributed by atoms with Crippen LogP contribution >= 0.6 is 11.3 Å². The van der Waals surface area contributed by atoms with E-state index in [9.17, 15) is 0 Å². The number of fused-ring (bicyclic) bond motifs is 6. The summed E-state index contributed by atoms with van der Waals surface area (Å²) < 4.78 is 4.80. The van der Waals surface area contributed by atoms with Crippen molar-refractivity contribution in [2.45, 2.75) is 6.92 Å². The fourth-order valence-electron chi connectivity index (χ4n) is 4.56. The molecule has 0 fully saturated rings. The maximum absolute atomic E-state index is 4.75. The zero-order valence-electron chi connectivity index (χ0n) is 19.2. The van der Waals surface area contributed by atoms with E-state index in [1.165, 1.54) is 20.2 Å². The van der Waals surface area contributed by atoms with Crippen LogP contribution < -0.4 is 0 Å². The molecule has 0 saturated heterocycles. The van der Waals surface area contributed by atoms with Gasteiger partial charge in [0.15, 0.2) is 0 Å². The van der Waals surface area contributed by atoms with Crippen LogP contribution in [0.2, 0.25) is 0 Å². The van der Waals surface area contributed by atoms with E-state index in [-0.39, 0.29) is 0 Å². The van der Waals surface area contributed by atoms with E-state index >= 15 is 0 Å². The molecule has 0 aliphatic rings. The van der Waals surface area contributed by atoms with Crippen molar-refractivity contribution in [3.63, 3.8) is 0 Å². The highest BCUT2D eigenvalue weighted by molar-refractivity contribution is 7.25. The molecule has 2 aromatic carbocycles. The molecule has 7 rings (SSSR count). The molecular formula is C30H22N4S. The first-order valence-corrected chi connectivity index (χ1v) is 12.2. The van der Waals surface area contributed by atoms with Crippen molar-refractivity contribution >= 4 is 53.4 Å². The van der Waals surface area contributed by atoms with Crippen molar-refractivity contribution in [1.82, 2.24) is 19.5 Å². The lowest BCUT2D eigenvalue weighted by molar-refractivity contribution is 1.08. The van der Waals surface area contributed by atoms with Crippen molar-refractivity contribution in [3.8, 4) is 16.9 Å². The average molecular weight is 471 g/mol. The van der Waals surface area contributed by atoms with E-state index in [1.807, 2.05) is 67.3 Å². The second kappa shape index (κ2) is 8.78. The molecule has 4 nitrogen and oxygen atoms in total. The topological polar surface area (TPSA) is 43.6 Å². The van der Waals surface area contributed by atoms with Gasteiger partial charge in [0.1, 0.15) is 5.82 Å². The molecule has 5 aromatic heterocycles. The Bertz CT molecular complexity index is 1830. The van der Waals surface area contributed by atoms with Crippen molar-refractivity contribution in [3.05, 3.63) is 110 Å². The molecule has 35 heavy (non-hydrogen) atoms. The first-order chi connectivity index (χ1) is 17.3. The van der Waals surface area contributed by atoms with Gasteiger partial charge in [-0.25, -0.2) is 4.98 Å². The van der Waals surface area contributed by atoms with Gasteiger partial charge in [0.2, 0.25) is 0 Å². The molecule has 7 aromatic rings. The molecular weight excluding hydrogens is 448 g/mol. The van der Waals surface area contributed by atoms with Crippen LogP contribution in [0.4, 0.5) is 0 Å². The molecule has 0 N–H and O–H groups in total. The maximum Gasteiger partial charge on any atom is 0.138 e. The standard InChI is InChI=1S/C27H16N4S.C3H6/c1-2-6-24-19(4-1)20-15-21-23(16-25(20)32-24)31(22-5-3-10-30-27(21)22)26-14-18(9-13-29-26)17-7-11-28-12-8-17;1-3-2/h1-16H;3H,1H2,2H3. The maximum atomic E-state index is 4.75. The molecule has 5 heterocycles. The minimum absolute atomic E-state index is 0.882.